The zero-order chi connectivity index (χ0) is 32.2. The minimum atomic E-state index is -4.41. The molecule has 4 aromatic carbocycles. The van der Waals surface area contributed by atoms with Crippen molar-refractivity contribution in [2.45, 2.75) is 4.90 Å². The highest BCUT2D eigenvalue weighted by Gasteiger charge is 2.23. The summed E-state index contributed by atoms with van der Waals surface area (Å²) < 4.78 is 63.4. The molecular weight excluding hydrogens is 619 g/mol. The molecule has 6 rings (SSSR count). The van der Waals surface area contributed by atoms with Crippen LogP contribution in [0, 0.1) is 0 Å². The Labute approximate surface area is 259 Å². The molecule has 0 aliphatic rings. The van der Waals surface area contributed by atoms with E-state index >= 15 is 0 Å². The molecule has 230 valence electrons. The lowest BCUT2D eigenvalue weighted by atomic mass is 10.0. The van der Waals surface area contributed by atoms with E-state index < -0.39 is 20.4 Å². The lowest BCUT2D eigenvalue weighted by Gasteiger charge is -2.12. The number of carbonyl (C=O) groups is 1. The fraction of sp³-hybridized carbons (Fsp3) is 0.0645. The average Bonchev–Trinajstić information content (AvgIpc) is 3.49. The van der Waals surface area contributed by atoms with Crippen LogP contribution in [0.5, 0.6) is 0 Å². The quantitative estimate of drug-likeness (QED) is 0.113. The van der Waals surface area contributed by atoms with Crippen molar-refractivity contribution in [1.82, 2.24) is 9.78 Å². The van der Waals surface area contributed by atoms with Crippen LogP contribution in [0.15, 0.2) is 120 Å². The van der Waals surface area contributed by atoms with Crippen molar-refractivity contribution >= 4 is 59.6 Å². The molecule has 0 saturated carbocycles. The SMILES string of the molecule is COS(=O)(=O)[O-].C[n+]1c2ccccc2c(C(=O)Nc2ccc(S(=O)(=O)Nc3ccnn3-c3ccccc3)cc2)c2ccccc21. The first-order valence-corrected chi connectivity index (χ1v) is 16.1. The third-order valence-electron chi connectivity index (χ3n) is 6.81. The molecule has 45 heavy (non-hydrogen) atoms. The van der Waals surface area contributed by atoms with Crippen LogP contribution in [-0.2, 0) is 31.7 Å². The molecule has 0 atom stereocenters. The Bertz CT molecular complexity index is 2160. The van der Waals surface area contributed by atoms with Gasteiger partial charge in [-0.05, 0) is 48.5 Å². The molecule has 12 nitrogen and oxygen atoms in total. The second-order valence-corrected chi connectivity index (χ2v) is 12.4. The third kappa shape index (κ3) is 6.99. The number of sulfonamides is 1. The molecule has 0 aliphatic heterocycles. The second-order valence-electron chi connectivity index (χ2n) is 9.59. The van der Waals surface area contributed by atoms with E-state index in [2.05, 4.69) is 23.9 Å². The standard InChI is InChI=1S/C30H23N5O3S.CH4O4S/c1-34-26-13-7-5-11-24(26)29(25-12-6-8-14-27(25)34)30(36)32-21-15-17-23(18-16-21)39(37,38)33-28-19-20-31-35(28)22-9-3-2-4-10-22;1-5-6(2,3)4/h2-20H,1H3,(H-,31,32,33,36);1H3,(H,2,3,4). The molecule has 0 saturated heterocycles. The number of nitrogens with one attached hydrogen (secondary N) is 2. The van der Waals surface area contributed by atoms with Gasteiger partial charge in [-0.3, -0.25) is 13.7 Å². The minimum absolute atomic E-state index is 0.0592. The number of aryl methyl sites for hydroxylation is 1. The summed E-state index contributed by atoms with van der Waals surface area (Å²) >= 11 is 0. The summed E-state index contributed by atoms with van der Waals surface area (Å²) in [6, 6.07) is 32.4. The number of rotatable bonds is 7. The molecule has 14 heteroatoms. The second kappa shape index (κ2) is 12.8. The number of hydrogen-bond acceptors (Lipinski definition) is 8. The van der Waals surface area contributed by atoms with Gasteiger partial charge in [0.25, 0.3) is 15.9 Å². The molecular formula is C31H27N5O7S2. The number of carbonyl (C=O) groups excluding carboxylic acids is 1. The number of pyridine rings is 1. The fourth-order valence-corrected chi connectivity index (χ4v) is 5.78. The van der Waals surface area contributed by atoms with Gasteiger partial charge in [0.2, 0.25) is 21.4 Å². The van der Waals surface area contributed by atoms with Crippen molar-refractivity contribution < 1.29 is 34.9 Å². The van der Waals surface area contributed by atoms with Crippen LogP contribution in [0.3, 0.4) is 0 Å². The smallest absolute Gasteiger partial charge is 0.263 e. The molecule has 0 radical (unpaired) electrons. The van der Waals surface area contributed by atoms with Gasteiger partial charge in [-0.15, -0.1) is 0 Å². The molecule has 0 bridgehead atoms. The van der Waals surface area contributed by atoms with Crippen molar-refractivity contribution in [1.29, 1.82) is 0 Å². The summed E-state index contributed by atoms with van der Waals surface area (Å²) in [6.07, 6.45) is 1.53. The number of aromatic nitrogens is 3. The molecule has 0 fully saturated rings. The molecule has 0 spiro atoms. The summed E-state index contributed by atoms with van der Waals surface area (Å²) in [7, 11) is -5.53. The van der Waals surface area contributed by atoms with E-state index in [4.69, 9.17) is 0 Å². The average molecular weight is 646 g/mol. The van der Waals surface area contributed by atoms with E-state index in [9.17, 15) is 26.2 Å². The first kappa shape index (κ1) is 31.3. The topological polar surface area (TPSA) is 163 Å². The van der Waals surface area contributed by atoms with Gasteiger partial charge in [-0.2, -0.15) is 9.67 Å². The Balaban J connectivity index is 0.000000609. The summed E-state index contributed by atoms with van der Waals surface area (Å²) in [6.45, 7) is 0. The fourth-order valence-electron chi connectivity index (χ4n) is 4.74. The minimum Gasteiger partial charge on any atom is -0.726 e. The summed E-state index contributed by atoms with van der Waals surface area (Å²) in [4.78, 5) is 13.6. The van der Waals surface area contributed by atoms with Gasteiger partial charge in [0, 0.05) is 23.9 Å². The van der Waals surface area contributed by atoms with E-state index in [-0.39, 0.29) is 10.8 Å². The molecule has 1 amide bonds. The number of benzene rings is 4. The van der Waals surface area contributed by atoms with E-state index in [1.54, 1.807) is 18.2 Å². The van der Waals surface area contributed by atoms with Crippen LogP contribution < -0.4 is 14.6 Å². The lowest BCUT2D eigenvalue weighted by molar-refractivity contribution is -0.617. The van der Waals surface area contributed by atoms with E-state index in [0.29, 0.717) is 17.1 Å². The highest BCUT2D eigenvalue weighted by Crippen LogP contribution is 2.26. The molecule has 2 N–H and O–H groups in total. The highest BCUT2D eigenvalue weighted by molar-refractivity contribution is 7.92. The first-order chi connectivity index (χ1) is 21.5. The zero-order valence-corrected chi connectivity index (χ0v) is 25.6. The first-order valence-electron chi connectivity index (χ1n) is 13.3. The Kier molecular flexibility index (Phi) is 8.92. The van der Waals surface area contributed by atoms with E-state index in [1.165, 1.54) is 23.0 Å². The maximum absolute atomic E-state index is 13.6. The molecule has 0 aliphatic carbocycles. The Morgan fingerprint density at radius 3 is 1.89 bits per heavy atom. The number of anilines is 2. The summed E-state index contributed by atoms with van der Waals surface area (Å²) in [5.41, 5.74) is 3.64. The van der Waals surface area contributed by atoms with Gasteiger partial charge >= 0.3 is 0 Å². The van der Waals surface area contributed by atoms with Crippen LogP contribution in [0.2, 0.25) is 0 Å². The van der Waals surface area contributed by atoms with Crippen molar-refractivity contribution in [3.05, 3.63) is 121 Å². The maximum atomic E-state index is 13.6. The predicted molar refractivity (Wildman–Crippen MR) is 168 cm³/mol. The van der Waals surface area contributed by atoms with Crippen LogP contribution in [-0.4, -0.2) is 44.2 Å². The van der Waals surface area contributed by atoms with Gasteiger partial charge in [0.05, 0.1) is 40.2 Å². The Hall–Kier alpha value is -5.15. The maximum Gasteiger partial charge on any atom is 0.263 e. The molecule has 2 aromatic heterocycles. The largest absolute Gasteiger partial charge is 0.726 e. The number of amides is 1. The van der Waals surface area contributed by atoms with Gasteiger partial charge < -0.3 is 9.87 Å². The summed E-state index contributed by atoms with van der Waals surface area (Å²) in [5.74, 6) is 0.0399. The van der Waals surface area contributed by atoms with Gasteiger partial charge in [0.15, 0.2) is 0 Å². The highest BCUT2D eigenvalue weighted by atomic mass is 32.3. The van der Waals surface area contributed by atoms with Crippen molar-refractivity contribution in [3.63, 3.8) is 0 Å². The number of fused-ring (bicyclic) bond motifs is 2. The van der Waals surface area contributed by atoms with Gasteiger partial charge in [0.1, 0.15) is 12.9 Å². The molecule has 0 unspecified atom stereocenters. The number of para-hydroxylation sites is 3. The van der Waals surface area contributed by atoms with Crippen molar-refractivity contribution in [2.24, 2.45) is 7.05 Å². The number of hydrogen-bond donors (Lipinski definition) is 2. The van der Waals surface area contributed by atoms with Crippen LogP contribution >= 0.6 is 0 Å². The van der Waals surface area contributed by atoms with Crippen LogP contribution in [0.25, 0.3) is 27.5 Å². The van der Waals surface area contributed by atoms with E-state index in [1.807, 2.05) is 85.9 Å². The lowest BCUT2D eigenvalue weighted by Crippen LogP contribution is -2.31. The normalized spacial score (nSPS) is 11.5. The summed E-state index contributed by atoms with van der Waals surface area (Å²) in [5, 5.41) is 8.83. The van der Waals surface area contributed by atoms with Crippen molar-refractivity contribution in [3.8, 4) is 5.69 Å². The molecule has 2 heterocycles. The Morgan fingerprint density at radius 2 is 1.33 bits per heavy atom. The van der Waals surface area contributed by atoms with Gasteiger partial charge in [-0.25, -0.2) is 21.5 Å². The van der Waals surface area contributed by atoms with Crippen LogP contribution in [0.1, 0.15) is 10.4 Å². The number of nitrogens with zero attached hydrogens (tertiary/aromatic N) is 3. The van der Waals surface area contributed by atoms with E-state index in [0.717, 1.165) is 34.6 Å². The monoisotopic (exact) mass is 645 g/mol. The Morgan fingerprint density at radius 1 is 0.800 bits per heavy atom. The van der Waals surface area contributed by atoms with Gasteiger partial charge in [-0.1, -0.05) is 42.5 Å². The molecule has 6 aromatic rings. The third-order valence-corrected chi connectivity index (χ3v) is 8.58. The zero-order valence-electron chi connectivity index (χ0n) is 24.0. The van der Waals surface area contributed by atoms with Crippen molar-refractivity contribution in [2.75, 3.05) is 17.1 Å². The predicted octanol–water partition coefficient (Wildman–Crippen LogP) is 4.15. The van der Waals surface area contributed by atoms with Crippen LogP contribution in [0.4, 0.5) is 11.5 Å².